The Morgan fingerprint density at radius 1 is 1.17 bits per heavy atom. The van der Waals surface area contributed by atoms with E-state index >= 15 is 0 Å². The summed E-state index contributed by atoms with van der Waals surface area (Å²) in [5.74, 6) is 0. The molecule has 140 valence electrons. The molecule has 24 heavy (non-hydrogen) atoms. The van der Waals surface area contributed by atoms with E-state index in [1.54, 1.807) is 0 Å². The van der Waals surface area contributed by atoms with Crippen LogP contribution in [0.3, 0.4) is 0 Å². The van der Waals surface area contributed by atoms with Crippen molar-refractivity contribution in [3.05, 3.63) is 0 Å². The first-order chi connectivity index (χ1) is 11.2. The highest BCUT2D eigenvalue weighted by Crippen LogP contribution is 2.43. The van der Waals surface area contributed by atoms with Crippen LogP contribution in [0.2, 0.25) is 0 Å². The van der Waals surface area contributed by atoms with Crippen molar-refractivity contribution < 1.29 is 24.1 Å². The zero-order valence-electron chi connectivity index (χ0n) is 15.7. The summed E-state index contributed by atoms with van der Waals surface area (Å²) >= 11 is 0. The maximum Gasteiger partial charge on any atom is 0.410 e. The third-order valence-corrected chi connectivity index (χ3v) is 4.71. The Kier molecular flexibility index (Phi) is 6.15. The normalized spacial score (nSPS) is 30.0. The number of aliphatic hydroxyl groups is 1. The molecule has 2 heterocycles. The SMILES string of the molecule is CCOC(CC1(O)CC2CCC(C1)N2C(=O)OC(C)(C)C)OCC. The molecule has 2 fully saturated rings. The number of hydrogen-bond acceptors (Lipinski definition) is 5. The van der Waals surface area contributed by atoms with Gasteiger partial charge in [-0.25, -0.2) is 4.79 Å². The maximum atomic E-state index is 12.5. The van der Waals surface area contributed by atoms with Crippen LogP contribution in [0.1, 0.15) is 66.7 Å². The Labute approximate surface area is 145 Å². The van der Waals surface area contributed by atoms with Crippen molar-refractivity contribution in [3.8, 4) is 0 Å². The molecule has 2 unspecified atom stereocenters. The first-order valence-corrected chi connectivity index (χ1v) is 9.14. The van der Waals surface area contributed by atoms with Crippen LogP contribution >= 0.6 is 0 Å². The van der Waals surface area contributed by atoms with Crippen LogP contribution in [0.4, 0.5) is 4.79 Å². The molecular formula is C18H33NO5. The van der Waals surface area contributed by atoms with E-state index in [4.69, 9.17) is 14.2 Å². The molecule has 2 aliphatic rings. The van der Waals surface area contributed by atoms with Gasteiger partial charge in [0.1, 0.15) is 5.60 Å². The van der Waals surface area contributed by atoms with Gasteiger partial charge in [-0.05, 0) is 60.3 Å². The van der Waals surface area contributed by atoms with Gasteiger partial charge in [0.05, 0.1) is 5.60 Å². The summed E-state index contributed by atoms with van der Waals surface area (Å²) in [5, 5.41) is 11.1. The van der Waals surface area contributed by atoms with Crippen LogP contribution in [-0.2, 0) is 14.2 Å². The van der Waals surface area contributed by atoms with Gasteiger partial charge in [0.2, 0.25) is 0 Å². The van der Waals surface area contributed by atoms with Gasteiger partial charge >= 0.3 is 6.09 Å². The molecular weight excluding hydrogens is 310 g/mol. The summed E-state index contributed by atoms with van der Waals surface area (Å²) in [7, 11) is 0. The van der Waals surface area contributed by atoms with Gasteiger partial charge in [-0.3, -0.25) is 0 Å². The zero-order valence-corrected chi connectivity index (χ0v) is 15.7. The highest BCUT2D eigenvalue weighted by molar-refractivity contribution is 5.69. The molecule has 0 saturated carbocycles. The number of nitrogens with zero attached hydrogens (tertiary/aromatic N) is 1. The largest absolute Gasteiger partial charge is 0.444 e. The van der Waals surface area contributed by atoms with E-state index in [9.17, 15) is 9.90 Å². The predicted molar refractivity (Wildman–Crippen MR) is 90.7 cm³/mol. The summed E-state index contributed by atoms with van der Waals surface area (Å²) in [6.07, 6.45) is 2.74. The van der Waals surface area contributed by atoms with Gasteiger partial charge in [-0.15, -0.1) is 0 Å². The molecule has 0 radical (unpaired) electrons. The summed E-state index contributed by atoms with van der Waals surface area (Å²) in [5.41, 5.74) is -1.35. The third-order valence-electron chi connectivity index (χ3n) is 4.71. The monoisotopic (exact) mass is 343 g/mol. The Morgan fingerprint density at radius 3 is 2.08 bits per heavy atom. The quantitative estimate of drug-likeness (QED) is 0.751. The molecule has 2 aliphatic heterocycles. The van der Waals surface area contributed by atoms with Crippen molar-refractivity contribution in [2.45, 2.75) is 96.3 Å². The second-order valence-corrected chi connectivity index (χ2v) is 7.95. The number of fused-ring (bicyclic) bond motifs is 2. The molecule has 1 N–H and O–H groups in total. The summed E-state index contributed by atoms with van der Waals surface area (Å²) in [6.45, 7) is 10.6. The van der Waals surface area contributed by atoms with Crippen molar-refractivity contribution in [1.82, 2.24) is 4.90 Å². The van der Waals surface area contributed by atoms with Crippen LogP contribution in [0.25, 0.3) is 0 Å². The summed E-state index contributed by atoms with van der Waals surface area (Å²) < 4.78 is 16.7. The average molecular weight is 343 g/mol. The van der Waals surface area contributed by atoms with Gasteiger partial charge in [-0.2, -0.15) is 0 Å². The van der Waals surface area contributed by atoms with Gasteiger partial charge in [-0.1, -0.05) is 0 Å². The molecule has 1 amide bonds. The minimum absolute atomic E-state index is 0.0347. The highest BCUT2D eigenvalue weighted by Gasteiger charge is 2.51. The topological polar surface area (TPSA) is 68.2 Å². The van der Waals surface area contributed by atoms with E-state index in [0.29, 0.717) is 32.5 Å². The molecule has 2 saturated heterocycles. The fourth-order valence-electron chi connectivity index (χ4n) is 3.95. The number of carbonyl (C=O) groups excluding carboxylic acids is 1. The van der Waals surface area contributed by atoms with Crippen LogP contribution in [-0.4, -0.2) is 58.9 Å². The Balaban J connectivity index is 2.01. The lowest BCUT2D eigenvalue weighted by atomic mass is 9.83. The lowest BCUT2D eigenvalue weighted by molar-refractivity contribution is -0.179. The zero-order chi connectivity index (χ0) is 18.0. The summed E-state index contributed by atoms with van der Waals surface area (Å²) in [4.78, 5) is 14.3. The van der Waals surface area contributed by atoms with E-state index in [1.165, 1.54) is 0 Å². The van der Waals surface area contributed by atoms with E-state index in [1.807, 2.05) is 39.5 Å². The number of rotatable bonds is 6. The number of ether oxygens (including phenoxy) is 3. The molecule has 6 heteroatoms. The van der Waals surface area contributed by atoms with Gasteiger partial charge < -0.3 is 24.2 Å². The van der Waals surface area contributed by atoms with E-state index < -0.39 is 17.5 Å². The van der Waals surface area contributed by atoms with Gasteiger partial charge in [0.25, 0.3) is 0 Å². The Hall–Kier alpha value is -0.850. The Morgan fingerprint density at radius 2 is 1.67 bits per heavy atom. The third kappa shape index (κ3) is 4.83. The molecule has 0 aromatic heterocycles. The minimum atomic E-state index is -0.848. The van der Waals surface area contributed by atoms with Crippen molar-refractivity contribution in [2.75, 3.05) is 13.2 Å². The number of hydrogen-bond donors (Lipinski definition) is 1. The predicted octanol–water partition coefficient (Wildman–Crippen LogP) is 3.07. The lowest BCUT2D eigenvalue weighted by Gasteiger charge is -2.44. The Bertz CT molecular complexity index is 414. The fourth-order valence-corrected chi connectivity index (χ4v) is 3.95. The highest BCUT2D eigenvalue weighted by atomic mass is 16.7. The second kappa shape index (κ2) is 7.58. The van der Waals surface area contributed by atoms with E-state index in [-0.39, 0.29) is 18.2 Å². The minimum Gasteiger partial charge on any atom is -0.444 e. The van der Waals surface area contributed by atoms with Crippen molar-refractivity contribution in [1.29, 1.82) is 0 Å². The number of amides is 1. The maximum absolute atomic E-state index is 12.5. The van der Waals surface area contributed by atoms with Crippen molar-refractivity contribution >= 4 is 6.09 Å². The van der Waals surface area contributed by atoms with Crippen LogP contribution in [0.5, 0.6) is 0 Å². The molecule has 0 aromatic carbocycles. The average Bonchev–Trinajstić information content (AvgIpc) is 2.71. The molecule has 0 aromatic rings. The fraction of sp³-hybridized carbons (Fsp3) is 0.944. The molecule has 2 atom stereocenters. The van der Waals surface area contributed by atoms with E-state index in [0.717, 1.165) is 12.8 Å². The van der Waals surface area contributed by atoms with Crippen molar-refractivity contribution in [3.63, 3.8) is 0 Å². The van der Waals surface area contributed by atoms with Crippen LogP contribution in [0, 0.1) is 0 Å². The second-order valence-electron chi connectivity index (χ2n) is 7.95. The molecule has 0 aliphatic carbocycles. The first kappa shape index (κ1) is 19.5. The molecule has 2 rings (SSSR count). The lowest BCUT2D eigenvalue weighted by Crippen LogP contribution is -2.55. The standard InChI is InChI=1S/C18H33NO5/c1-6-22-15(23-7-2)12-18(21)10-13-8-9-14(11-18)19(13)16(20)24-17(3,4)5/h13-15,21H,6-12H2,1-5H3. The number of piperidine rings is 1. The smallest absolute Gasteiger partial charge is 0.410 e. The van der Waals surface area contributed by atoms with Crippen LogP contribution < -0.4 is 0 Å². The van der Waals surface area contributed by atoms with E-state index in [2.05, 4.69) is 0 Å². The van der Waals surface area contributed by atoms with Crippen molar-refractivity contribution in [2.24, 2.45) is 0 Å². The molecule has 0 spiro atoms. The van der Waals surface area contributed by atoms with Crippen LogP contribution in [0.15, 0.2) is 0 Å². The first-order valence-electron chi connectivity index (χ1n) is 9.14. The van der Waals surface area contributed by atoms with Gasteiger partial charge in [0, 0.05) is 31.7 Å². The molecule has 6 nitrogen and oxygen atoms in total. The summed E-state index contributed by atoms with van der Waals surface area (Å²) in [6, 6.07) is 0.0695. The van der Waals surface area contributed by atoms with Gasteiger partial charge in [0.15, 0.2) is 6.29 Å². The number of carbonyl (C=O) groups is 1. The molecule has 2 bridgehead atoms.